The summed E-state index contributed by atoms with van der Waals surface area (Å²) < 4.78 is 2.16. The highest BCUT2D eigenvalue weighted by atomic mass is 32.2. The van der Waals surface area contributed by atoms with Crippen molar-refractivity contribution in [3.63, 3.8) is 0 Å². The van der Waals surface area contributed by atoms with Gasteiger partial charge in [0.25, 0.3) is 0 Å². The molecule has 1 fully saturated rings. The second-order valence-electron chi connectivity index (χ2n) is 6.88. The quantitative estimate of drug-likeness (QED) is 0.666. The van der Waals surface area contributed by atoms with Crippen molar-refractivity contribution < 1.29 is 4.79 Å². The Morgan fingerprint density at radius 3 is 2.62 bits per heavy atom. The fraction of sp³-hybridized carbons (Fsp3) is 0.550. The van der Waals surface area contributed by atoms with E-state index in [1.54, 1.807) is 0 Å². The molecule has 5 nitrogen and oxygen atoms in total. The highest BCUT2D eigenvalue weighted by Gasteiger charge is 2.31. The number of carbonyl (C=O) groups excluding carboxylic acids is 1. The highest BCUT2D eigenvalue weighted by Crippen LogP contribution is 2.40. The van der Waals surface area contributed by atoms with Crippen molar-refractivity contribution in [3.8, 4) is 0 Å². The summed E-state index contributed by atoms with van der Waals surface area (Å²) in [6.45, 7) is 7.04. The number of nitrogens with zero attached hydrogens (tertiary/aromatic N) is 3. The number of rotatable bonds is 9. The predicted molar refractivity (Wildman–Crippen MR) is 105 cm³/mol. The maximum absolute atomic E-state index is 12.8. The predicted octanol–water partition coefficient (Wildman–Crippen LogP) is 4.31. The zero-order chi connectivity index (χ0) is 18.5. The Hall–Kier alpha value is -1.82. The Bertz CT molecular complexity index is 727. The summed E-state index contributed by atoms with van der Waals surface area (Å²) in [5, 5.41) is 12.6. The molecule has 1 aromatic heterocycles. The summed E-state index contributed by atoms with van der Waals surface area (Å²) in [6.07, 6.45) is 4.36. The van der Waals surface area contributed by atoms with Crippen molar-refractivity contribution in [2.45, 2.75) is 75.4 Å². The number of amides is 1. The fourth-order valence-corrected chi connectivity index (χ4v) is 4.05. The van der Waals surface area contributed by atoms with Crippen molar-refractivity contribution >= 4 is 17.7 Å². The first-order chi connectivity index (χ1) is 12.6. The Kier molecular flexibility index (Phi) is 6.35. The molecule has 26 heavy (non-hydrogen) atoms. The van der Waals surface area contributed by atoms with Gasteiger partial charge < -0.3 is 9.88 Å². The molecular weight excluding hydrogens is 344 g/mol. The second-order valence-corrected chi connectivity index (χ2v) is 8.19. The Balaban J connectivity index is 1.65. The topological polar surface area (TPSA) is 59.8 Å². The molecule has 3 rings (SSSR count). The van der Waals surface area contributed by atoms with Crippen molar-refractivity contribution in [1.29, 1.82) is 0 Å². The van der Waals surface area contributed by atoms with Crippen molar-refractivity contribution in [2.24, 2.45) is 0 Å². The first-order valence-electron chi connectivity index (χ1n) is 9.59. The third kappa shape index (κ3) is 4.47. The SMILES string of the molecule is CCC[C@@H](NC(=O)[C@H](C)Sc1nnc(C2CC2)n1CC)c1ccccc1. The van der Waals surface area contributed by atoms with Gasteiger partial charge in [0.15, 0.2) is 5.16 Å². The van der Waals surface area contributed by atoms with Gasteiger partial charge in [-0.3, -0.25) is 4.79 Å². The molecule has 2 aromatic rings. The molecule has 1 heterocycles. The van der Waals surface area contributed by atoms with E-state index in [2.05, 4.69) is 46.1 Å². The van der Waals surface area contributed by atoms with E-state index >= 15 is 0 Å². The van der Waals surface area contributed by atoms with Crippen LogP contribution in [0.15, 0.2) is 35.5 Å². The summed E-state index contributed by atoms with van der Waals surface area (Å²) >= 11 is 1.50. The van der Waals surface area contributed by atoms with Crippen molar-refractivity contribution in [1.82, 2.24) is 20.1 Å². The summed E-state index contributed by atoms with van der Waals surface area (Å²) in [4.78, 5) is 12.8. The van der Waals surface area contributed by atoms with Gasteiger partial charge in [0.1, 0.15) is 5.82 Å². The molecule has 1 N–H and O–H groups in total. The van der Waals surface area contributed by atoms with Gasteiger partial charge in [0.05, 0.1) is 11.3 Å². The molecule has 0 unspecified atom stereocenters. The summed E-state index contributed by atoms with van der Waals surface area (Å²) in [5.41, 5.74) is 1.16. The van der Waals surface area contributed by atoms with E-state index in [1.807, 2.05) is 25.1 Å². The molecule has 0 saturated heterocycles. The van der Waals surface area contributed by atoms with Gasteiger partial charge in [-0.1, -0.05) is 55.4 Å². The lowest BCUT2D eigenvalue weighted by Gasteiger charge is -2.21. The number of hydrogen-bond donors (Lipinski definition) is 1. The van der Waals surface area contributed by atoms with E-state index in [4.69, 9.17) is 0 Å². The third-order valence-electron chi connectivity index (χ3n) is 4.75. The van der Waals surface area contributed by atoms with E-state index in [0.29, 0.717) is 5.92 Å². The van der Waals surface area contributed by atoms with E-state index in [9.17, 15) is 4.79 Å². The van der Waals surface area contributed by atoms with Gasteiger partial charge in [0, 0.05) is 12.5 Å². The van der Waals surface area contributed by atoms with Gasteiger partial charge in [-0.05, 0) is 38.7 Å². The van der Waals surface area contributed by atoms with E-state index in [0.717, 1.165) is 35.9 Å². The van der Waals surface area contributed by atoms with Crippen LogP contribution in [0.25, 0.3) is 0 Å². The van der Waals surface area contributed by atoms with Crippen molar-refractivity contribution in [2.75, 3.05) is 0 Å². The molecule has 0 bridgehead atoms. The van der Waals surface area contributed by atoms with Crippen LogP contribution in [0.2, 0.25) is 0 Å². The van der Waals surface area contributed by atoms with E-state index in [-0.39, 0.29) is 17.2 Å². The molecule has 0 spiro atoms. The zero-order valence-corrected chi connectivity index (χ0v) is 16.6. The number of carbonyl (C=O) groups is 1. The van der Waals surface area contributed by atoms with E-state index < -0.39 is 0 Å². The molecule has 0 radical (unpaired) electrons. The minimum absolute atomic E-state index is 0.0518. The van der Waals surface area contributed by atoms with Crippen LogP contribution in [-0.2, 0) is 11.3 Å². The average molecular weight is 373 g/mol. The molecule has 0 aliphatic heterocycles. The van der Waals surface area contributed by atoms with Crippen LogP contribution in [0.1, 0.15) is 69.8 Å². The molecular formula is C20H28N4OS. The summed E-state index contributed by atoms with van der Waals surface area (Å²) in [5.74, 6) is 1.69. The zero-order valence-electron chi connectivity index (χ0n) is 15.8. The second kappa shape index (κ2) is 8.71. The minimum atomic E-state index is -0.209. The maximum Gasteiger partial charge on any atom is 0.233 e. The van der Waals surface area contributed by atoms with Crippen LogP contribution in [0.4, 0.5) is 0 Å². The third-order valence-corrected chi connectivity index (χ3v) is 5.83. The molecule has 1 amide bonds. The lowest BCUT2D eigenvalue weighted by Crippen LogP contribution is -2.34. The number of hydrogen-bond acceptors (Lipinski definition) is 4. The first kappa shape index (κ1) is 19.0. The highest BCUT2D eigenvalue weighted by molar-refractivity contribution is 8.00. The lowest BCUT2D eigenvalue weighted by atomic mass is 10.0. The Morgan fingerprint density at radius 2 is 2.00 bits per heavy atom. The van der Waals surface area contributed by atoms with Crippen LogP contribution >= 0.6 is 11.8 Å². The number of nitrogens with one attached hydrogen (secondary N) is 1. The largest absolute Gasteiger partial charge is 0.348 e. The van der Waals surface area contributed by atoms with Crippen LogP contribution in [0, 0.1) is 0 Å². The van der Waals surface area contributed by atoms with Gasteiger partial charge in [0.2, 0.25) is 5.91 Å². The standard InChI is InChI=1S/C20H28N4OS/c1-4-9-17(15-10-7-6-8-11-15)21-19(25)14(3)26-20-23-22-18(16-12-13-16)24(20)5-2/h6-8,10-11,14,16-17H,4-5,9,12-13H2,1-3H3,(H,21,25)/t14-,17+/m0/s1. The number of aromatic nitrogens is 3. The Labute approximate surface area is 160 Å². The molecule has 140 valence electrons. The molecule has 6 heteroatoms. The van der Waals surface area contributed by atoms with Crippen LogP contribution < -0.4 is 5.32 Å². The molecule has 1 aromatic carbocycles. The summed E-state index contributed by atoms with van der Waals surface area (Å²) in [7, 11) is 0. The number of benzene rings is 1. The minimum Gasteiger partial charge on any atom is -0.348 e. The van der Waals surface area contributed by atoms with Crippen molar-refractivity contribution in [3.05, 3.63) is 41.7 Å². The van der Waals surface area contributed by atoms with Crippen LogP contribution in [0.5, 0.6) is 0 Å². The Morgan fingerprint density at radius 1 is 1.27 bits per heavy atom. The van der Waals surface area contributed by atoms with Gasteiger partial charge in [-0.2, -0.15) is 0 Å². The molecule has 1 aliphatic rings. The molecule has 1 aliphatic carbocycles. The van der Waals surface area contributed by atoms with Gasteiger partial charge in [-0.15, -0.1) is 10.2 Å². The molecule has 1 saturated carbocycles. The first-order valence-corrected chi connectivity index (χ1v) is 10.5. The lowest BCUT2D eigenvalue weighted by molar-refractivity contribution is -0.121. The van der Waals surface area contributed by atoms with Gasteiger partial charge >= 0.3 is 0 Å². The van der Waals surface area contributed by atoms with Crippen LogP contribution in [-0.4, -0.2) is 25.9 Å². The fourth-order valence-electron chi connectivity index (χ4n) is 3.12. The monoisotopic (exact) mass is 372 g/mol. The number of thioether (sulfide) groups is 1. The van der Waals surface area contributed by atoms with Crippen LogP contribution in [0.3, 0.4) is 0 Å². The normalized spacial score (nSPS) is 16.3. The van der Waals surface area contributed by atoms with E-state index in [1.165, 1.54) is 24.6 Å². The smallest absolute Gasteiger partial charge is 0.233 e. The molecule has 2 atom stereocenters. The average Bonchev–Trinajstić information content (AvgIpc) is 3.43. The van der Waals surface area contributed by atoms with Gasteiger partial charge in [-0.25, -0.2) is 0 Å². The maximum atomic E-state index is 12.8. The summed E-state index contributed by atoms with van der Waals surface area (Å²) in [6, 6.07) is 10.3.